The van der Waals surface area contributed by atoms with E-state index in [2.05, 4.69) is 25.9 Å². The summed E-state index contributed by atoms with van der Waals surface area (Å²) in [5, 5.41) is 11.3. The van der Waals surface area contributed by atoms with Crippen molar-refractivity contribution in [1.82, 2.24) is 9.97 Å². The van der Waals surface area contributed by atoms with Crippen LogP contribution in [0.2, 0.25) is 0 Å². The Morgan fingerprint density at radius 2 is 1.55 bits per heavy atom. The first-order valence-electron chi connectivity index (χ1n) is 10.1. The number of carbonyl (C=O) groups is 1. The van der Waals surface area contributed by atoms with Crippen molar-refractivity contribution in [1.29, 1.82) is 0 Å². The molecule has 2 aromatic heterocycles. The molecule has 2 heterocycles. The van der Waals surface area contributed by atoms with Crippen LogP contribution in [-0.2, 0) is 0 Å². The Balaban J connectivity index is 1.70. The van der Waals surface area contributed by atoms with Gasteiger partial charge in [-0.15, -0.1) is 11.3 Å². The number of hydrogen-bond donors (Lipinski definition) is 3. The molecule has 8 nitrogen and oxygen atoms in total. The SMILES string of the molecule is COc1cccc(Nc2nc(C)c(NC(=O)c3cccs3)c(Nc3cccc(OC)c3)n2)c1. The zero-order valence-corrected chi connectivity index (χ0v) is 19.2. The molecule has 0 bridgehead atoms. The number of rotatable bonds is 8. The molecule has 0 aliphatic rings. The number of hydrogen-bond acceptors (Lipinski definition) is 8. The average Bonchev–Trinajstić information content (AvgIpc) is 3.37. The maximum atomic E-state index is 12.7. The lowest BCUT2D eigenvalue weighted by atomic mass is 10.2. The highest BCUT2D eigenvalue weighted by Gasteiger charge is 2.17. The van der Waals surface area contributed by atoms with Crippen LogP contribution in [0.4, 0.5) is 28.8 Å². The van der Waals surface area contributed by atoms with Gasteiger partial charge in [0.1, 0.15) is 17.2 Å². The maximum absolute atomic E-state index is 12.7. The molecule has 0 radical (unpaired) electrons. The highest BCUT2D eigenvalue weighted by molar-refractivity contribution is 7.12. The van der Waals surface area contributed by atoms with Gasteiger partial charge >= 0.3 is 0 Å². The predicted octanol–water partition coefficient (Wildman–Crippen LogP) is 5.60. The Labute approximate surface area is 195 Å². The molecule has 0 aliphatic heterocycles. The molecule has 0 fully saturated rings. The van der Waals surface area contributed by atoms with Gasteiger partial charge in [-0.3, -0.25) is 4.79 Å². The second-order valence-electron chi connectivity index (χ2n) is 7.00. The van der Waals surface area contributed by atoms with Crippen LogP contribution in [0.25, 0.3) is 0 Å². The lowest BCUT2D eigenvalue weighted by molar-refractivity contribution is 0.103. The maximum Gasteiger partial charge on any atom is 0.265 e. The molecule has 0 spiro atoms. The van der Waals surface area contributed by atoms with E-state index in [-0.39, 0.29) is 5.91 Å². The number of nitrogens with one attached hydrogen (secondary N) is 3. The minimum Gasteiger partial charge on any atom is -0.497 e. The first kappa shape index (κ1) is 22.1. The first-order chi connectivity index (χ1) is 16.1. The molecule has 168 valence electrons. The van der Waals surface area contributed by atoms with Gasteiger partial charge in [0, 0.05) is 23.5 Å². The molecule has 2 aromatic carbocycles. The van der Waals surface area contributed by atoms with Gasteiger partial charge in [0.25, 0.3) is 5.91 Å². The molecule has 3 N–H and O–H groups in total. The molecular weight excluding hydrogens is 438 g/mol. The molecule has 9 heteroatoms. The second-order valence-corrected chi connectivity index (χ2v) is 7.95. The van der Waals surface area contributed by atoms with Crippen molar-refractivity contribution < 1.29 is 14.3 Å². The highest BCUT2D eigenvalue weighted by Crippen LogP contribution is 2.31. The van der Waals surface area contributed by atoms with E-state index in [9.17, 15) is 4.79 Å². The fraction of sp³-hybridized carbons (Fsp3) is 0.125. The Kier molecular flexibility index (Phi) is 6.70. The van der Waals surface area contributed by atoms with Crippen LogP contribution < -0.4 is 25.4 Å². The van der Waals surface area contributed by atoms with E-state index < -0.39 is 0 Å². The molecular formula is C24H23N5O3S. The van der Waals surface area contributed by atoms with E-state index in [4.69, 9.17) is 9.47 Å². The van der Waals surface area contributed by atoms with Gasteiger partial charge in [-0.05, 0) is 42.6 Å². The summed E-state index contributed by atoms with van der Waals surface area (Å²) in [5.41, 5.74) is 2.63. The summed E-state index contributed by atoms with van der Waals surface area (Å²) in [4.78, 5) is 22.5. The number of aromatic nitrogens is 2. The first-order valence-corrected chi connectivity index (χ1v) is 11.0. The van der Waals surface area contributed by atoms with E-state index in [1.807, 2.05) is 66.9 Å². The topological polar surface area (TPSA) is 97.4 Å². The number of carbonyl (C=O) groups excluding carboxylic acids is 1. The van der Waals surface area contributed by atoms with E-state index in [1.54, 1.807) is 20.3 Å². The zero-order chi connectivity index (χ0) is 23.2. The van der Waals surface area contributed by atoms with Crippen LogP contribution in [0.5, 0.6) is 11.5 Å². The van der Waals surface area contributed by atoms with Crippen molar-refractivity contribution in [3.8, 4) is 11.5 Å². The van der Waals surface area contributed by atoms with Gasteiger partial charge in [0.2, 0.25) is 5.95 Å². The number of methoxy groups -OCH3 is 2. The monoisotopic (exact) mass is 461 g/mol. The fourth-order valence-corrected chi connectivity index (χ4v) is 3.74. The molecule has 0 aliphatic carbocycles. The summed E-state index contributed by atoms with van der Waals surface area (Å²) in [6.07, 6.45) is 0. The molecule has 33 heavy (non-hydrogen) atoms. The molecule has 0 saturated heterocycles. The molecule has 0 unspecified atom stereocenters. The molecule has 4 aromatic rings. The number of anilines is 5. The van der Waals surface area contributed by atoms with E-state index in [1.165, 1.54) is 11.3 Å². The Hall–Kier alpha value is -4.11. The van der Waals surface area contributed by atoms with E-state index in [0.717, 1.165) is 11.4 Å². The van der Waals surface area contributed by atoms with Gasteiger partial charge < -0.3 is 25.4 Å². The second kappa shape index (κ2) is 10.0. The normalized spacial score (nSPS) is 10.4. The third-order valence-electron chi connectivity index (χ3n) is 4.73. The zero-order valence-electron chi connectivity index (χ0n) is 18.4. The van der Waals surface area contributed by atoms with Crippen molar-refractivity contribution in [3.63, 3.8) is 0 Å². The number of aryl methyl sites for hydroxylation is 1. The standard InChI is InChI=1S/C24H23N5O3S/c1-15-21(28-23(30)20-11-6-12-33-20)22(26-16-7-4-9-18(13-16)31-2)29-24(25-15)27-17-8-5-10-19(14-17)32-3/h4-14H,1-3H3,(H,28,30)(H2,25,26,27,29). The van der Waals surface area contributed by atoms with Crippen molar-refractivity contribution >= 4 is 46.1 Å². The predicted molar refractivity (Wildman–Crippen MR) is 132 cm³/mol. The third kappa shape index (κ3) is 5.39. The molecule has 4 rings (SSSR count). The third-order valence-corrected chi connectivity index (χ3v) is 5.60. The van der Waals surface area contributed by atoms with Gasteiger partial charge in [0.05, 0.1) is 24.8 Å². The van der Waals surface area contributed by atoms with Crippen molar-refractivity contribution in [2.75, 3.05) is 30.2 Å². The minimum atomic E-state index is -0.223. The van der Waals surface area contributed by atoms with Crippen molar-refractivity contribution in [2.24, 2.45) is 0 Å². The fourth-order valence-electron chi connectivity index (χ4n) is 3.12. The van der Waals surface area contributed by atoms with Crippen LogP contribution in [-0.4, -0.2) is 30.1 Å². The van der Waals surface area contributed by atoms with Gasteiger partial charge in [-0.1, -0.05) is 18.2 Å². The van der Waals surface area contributed by atoms with E-state index >= 15 is 0 Å². The quantitative estimate of drug-likeness (QED) is 0.314. The summed E-state index contributed by atoms with van der Waals surface area (Å²) in [5.74, 6) is 2.01. The summed E-state index contributed by atoms with van der Waals surface area (Å²) in [7, 11) is 3.22. The number of nitrogens with zero attached hydrogens (tertiary/aromatic N) is 2. The van der Waals surface area contributed by atoms with Crippen LogP contribution >= 0.6 is 11.3 Å². The smallest absolute Gasteiger partial charge is 0.265 e. The molecule has 0 atom stereocenters. The Morgan fingerprint density at radius 3 is 2.15 bits per heavy atom. The van der Waals surface area contributed by atoms with Crippen molar-refractivity contribution in [3.05, 3.63) is 76.6 Å². The van der Waals surface area contributed by atoms with Crippen molar-refractivity contribution in [2.45, 2.75) is 6.92 Å². The Bertz CT molecular complexity index is 1260. The number of thiophene rings is 1. The lowest BCUT2D eigenvalue weighted by Crippen LogP contribution is -2.15. The minimum absolute atomic E-state index is 0.223. The summed E-state index contributed by atoms with van der Waals surface area (Å²) < 4.78 is 10.6. The lowest BCUT2D eigenvalue weighted by Gasteiger charge is -2.16. The molecule has 0 saturated carbocycles. The number of amides is 1. The van der Waals surface area contributed by atoms with Gasteiger partial charge in [-0.25, -0.2) is 4.98 Å². The number of benzene rings is 2. The van der Waals surface area contributed by atoms with Gasteiger partial charge in [0.15, 0.2) is 5.82 Å². The number of ether oxygens (including phenoxy) is 2. The summed E-state index contributed by atoms with van der Waals surface area (Å²) >= 11 is 1.37. The van der Waals surface area contributed by atoms with Gasteiger partial charge in [-0.2, -0.15) is 4.98 Å². The largest absolute Gasteiger partial charge is 0.497 e. The Morgan fingerprint density at radius 1 is 0.879 bits per heavy atom. The van der Waals surface area contributed by atoms with Crippen LogP contribution in [0, 0.1) is 6.92 Å². The summed E-state index contributed by atoms with van der Waals surface area (Å²) in [6, 6.07) is 18.5. The summed E-state index contributed by atoms with van der Waals surface area (Å²) in [6.45, 7) is 1.82. The van der Waals surface area contributed by atoms with Crippen LogP contribution in [0.1, 0.15) is 15.4 Å². The highest BCUT2D eigenvalue weighted by atomic mass is 32.1. The van der Waals surface area contributed by atoms with Crippen LogP contribution in [0.3, 0.4) is 0 Å². The van der Waals surface area contributed by atoms with E-state index in [0.29, 0.717) is 39.5 Å². The average molecular weight is 462 g/mol. The molecule has 1 amide bonds. The van der Waals surface area contributed by atoms with Crippen LogP contribution in [0.15, 0.2) is 66.0 Å².